The number of carbonyl (C=O) groups excluding carboxylic acids is 2. The Bertz CT molecular complexity index is 821. The molecular formula is C21H28BNO5. The van der Waals surface area contributed by atoms with Crippen LogP contribution in [0.2, 0.25) is 0 Å². The van der Waals surface area contributed by atoms with Crippen molar-refractivity contribution in [2.45, 2.75) is 45.7 Å². The van der Waals surface area contributed by atoms with Crippen molar-refractivity contribution in [3.05, 3.63) is 48.0 Å². The fourth-order valence-corrected chi connectivity index (χ4v) is 3.22. The quantitative estimate of drug-likeness (QED) is 0.390. The molecule has 0 aliphatic heterocycles. The van der Waals surface area contributed by atoms with Crippen molar-refractivity contribution in [2.75, 3.05) is 0 Å². The molecule has 0 aromatic heterocycles. The second-order valence-electron chi connectivity index (χ2n) is 7.69. The summed E-state index contributed by atoms with van der Waals surface area (Å²) in [6, 6.07) is 13.0. The molecule has 150 valence electrons. The van der Waals surface area contributed by atoms with E-state index in [0.29, 0.717) is 12.0 Å². The van der Waals surface area contributed by atoms with Gasteiger partial charge in [0.25, 0.3) is 0 Å². The van der Waals surface area contributed by atoms with E-state index in [1.165, 1.54) is 6.92 Å². The highest BCUT2D eigenvalue weighted by molar-refractivity contribution is 6.43. The molecule has 0 unspecified atom stereocenters. The first kappa shape index (κ1) is 22.1. The summed E-state index contributed by atoms with van der Waals surface area (Å²) in [7, 11) is -1.71. The second-order valence-corrected chi connectivity index (χ2v) is 7.69. The van der Waals surface area contributed by atoms with Gasteiger partial charge in [0.05, 0.1) is 18.0 Å². The van der Waals surface area contributed by atoms with E-state index in [1.807, 2.05) is 44.2 Å². The molecule has 0 radical (unpaired) electrons. The van der Waals surface area contributed by atoms with E-state index in [0.717, 1.165) is 10.8 Å². The smallest absolute Gasteiger partial charge is 0.426 e. The molecule has 0 heterocycles. The van der Waals surface area contributed by atoms with Crippen LogP contribution in [0.3, 0.4) is 0 Å². The van der Waals surface area contributed by atoms with E-state index >= 15 is 0 Å². The molecule has 3 atom stereocenters. The van der Waals surface area contributed by atoms with Crippen molar-refractivity contribution in [3.63, 3.8) is 0 Å². The lowest BCUT2D eigenvalue weighted by molar-refractivity contribution is -0.128. The molecule has 0 saturated carbocycles. The molecule has 2 aromatic rings. The van der Waals surface area contributed by atoms with Crippen LogP contribution in [0.5, 0.6) is 0 Å². The maximum absolute atomic E-state index is 12.7. The Kier molecular flexibility index (Phi) is 7.74. The Hall–Kier alpha value is -2.22. The van der Waals surface area contributed by atoms with E-state index in [9.17, 15) is 24.7 Å². The van der Waals surface area contributed by atoms with Gasteiger partial charge in [-0.1, -0.05) is 50.2 Å². The third-order valence-electron chi connectivity index (χ3n) is 4.81. The van der Waals surface area contributed by atoms with Gasteiger partial charge in [-0.15, -0.1) is 0 Å². The zero-order chi connectivity index (χ0) is 20.8. The van der Waals surface area contributed by atoms with Gasteiger partial charge >= 0.3 is 7.12 Å². The lowest BCUT2D eigenvalue weighted by Crippen LogP contribution is -2.50. The number of aliphatic hydroxyl groups excluding tert-OH is 1. The number of benzene rings is 2. The molecule has 4 N–H and O–H groups in total. The van der Waals surface area contributed by atoms with Gasteiger partial charge in [0.1, 0.15) is 0 Å². The zero-order valence-electron chi connectivity index (χ0n) is 16.5. The van der Waals surface area contributed by atoms with E-state index < -0.39 is 31.0 Å². The Morgan fingerprint density at radius 2 is 1.68 bits per heavy atom. The summed E-state index contributed by atoms with van der Waals surface area (Å²) in [6.45, 7) is 5.25. The molecule has 0 fully saturated rings. The van der Waals surface area contributed by atoms with Crippen LogP contribution in [0.25, 0.3) is 10.8 Å². The average Bonchev–Trinajstić information content (AvgIpc) is 2.64. The maximum atomic E-state index is 12.7. The van der Waals surface area contributed by atoms with Crippen molar-refractivity contribution in [1.82, 2.24) is 5.32 Å². The van der Waals surface area contributed by atoms with Crippen LogP contribution in [0.1, 0.15) is 44.0 Å². The largest absolute Gasteiger partial charge is 0.475 e. The van der Waals surface area contributed by atoms with Crippen LogP contribution in [0, 0.1) is 11.8 Å². The third kappa shape index (κ3) is 5.89. The summed E-state index contributed by atoms with van der Waals surface area (Å²) >= 11 is 0. The number of carbonyl (C=O) groups is 2. The monoisotopic (exact) mass is 385 g/mol. The summed E-state index contributed by atoms with van der Waals surface area (Å²) in [5, 5.41) is 33.5. The average molecular weight is 385 g/mol. The number of hydrogen-bond donors (Lipinski definition) is 4. The predicted octanol–water partition coefficient (Wildman–Crippen LogP) is 1.95. The molecule has 6 nitrogen and oxygen atoms in total. The number of hydrogen-bond acceptors (Lipinski definition) is 5. The van der Waals surface area contributed by atoms with Gasteiger partial charge in [0, 0.05) is 12.0 Å². The second kappa shape index (κ2) is 9.82. The van der Waals surface area contributed by atoms with Crippen LogP contribution in [-0.2, 0) is 4.79 Å². The molecular weight excluding hydrogens is 357 g/mol. The molecule has 0 aliphatic rings. The molecule has 0 saturated heterocycles. The van der Waals surface area contributed by atoms with Crippen LogP contribution in [-0.4, -0.2) is 46.0 Å². The standard InChI is InChI=1S/C21H28BNO5/c1-13(2)10-20(22(27)28)23-21(26)18(14(3)24)12-19(25)17-9-8-15-6-4-5-7-16(15)11-17/h4-9,11,13-14,18,20,24,27-28H,10,12H2,1-3H3,(H,23,26)/t14-,18+,20+/m1/s1. The SMILES string of the molecule is CC(C)C[C@H](NC(=O)[C@@H](CC(=O)c1ccc2ccccc2c1)[C@@H](C)O)B(O)O. The molecule has 0 bridgehead atoms. The lowest BCUT2D eigenvalue weighted by Gasteiger charge is -2.24. The van der Waals surface area contributed by atoms with Crippen molar-refractivity contribution < 1.29 is 24.7 Å². The van der Waals surface area contributed by atoms with Gasteiger partial charge in [0.15, 0.2) is 5.78 Å². The van der Waals surface area contributed by atoms with Crippen molar-refractivity contribution in [2.24, 2.45) is 11.8 Å². The number of Topliss-reactive ketones (excluding diaryl/α,β-unsaturated/α-hetero) is 1. The Labute approximate surface area is 165 Å². The highest BCUT2D eigenvalue weighted by Crippen LogP contribution is 2.20. The highest BCUT2D eigenvalue weighted by Gasteiger charge is 2.32. The Morgan fingerprint density at radius 1 is 1.04 bits per heavy atom. The summed E-state index contributed by atoms with van der Waals surface area (Å²) in [5.74, 6) is -2.52. The molecule has 2 rings (SSSR count). The molecule has 1 amide bonds. The first-order valence-electron chi connectivity index (χ1n) is 9.55. The van der Waals surface area contributed by atoms with E-state index in [1.54, 1.807) is 12.1 Å². The van der Waals surface area contributed by atoms with Gasteiger partial charge in [-0.3, -0.25) is 9.59 Å². The predicted molar refractivity (Wildman–Crippen MR) is 110 cm³/mol. The highest BCUT2D eigenvalue weighted by atomic mass is 16.4. The third-order valence-corrected chi connectivity index (χ3v) is 4.81. The van der Waals surface area contributed by atoms with Gasteiger partial charge in [-0.2, -0.15) is 0 Å². The first-order chi connectivity index (χ1) is 13.2. The van der Waals surface area contributed by atoms with E-state index in [-0.39, 0.29) is 18.1 Å². The summed E-state index contributed by atoms with van der Waals surface area (Å²) in [6.07, 6.45) is -0.855. The number of amides is 1. The molecule has 0 spiro atoms. The Morgan fingerprint density at radius 3 is 2.25 bits per heavy atom. The van der Waals surface area contributed by atoms with Gasteiger partial charge in [-0.25, -0.2) is 0 Å². The molecule has 0 aliphatic carbocycles. The summed E-state index contributed by atoms with van der Waals surface area (Å²) in [4.78, 5) is 25.3. The number of ketones is 1. The zero-order valence-corrected chi connectivity index (χ0v) is 16.5. The molecule has 28 heavy (non-hydrogen) atoms. The molecule has 2 aromatic carbocycles. The van der Waals surface area contributed by atoms with Gasteiger partial charge in [0.2, 0.25) is 5.91 Å². The van der Waals surface area contributed by atoms with E-state index in [4.69, 9.17) is 0 Å². The maximum Gasteiger partial charge on any atom is 0.475 e. The number of nitrogens with one attached hydrogen (secondary N) is 1. The van der Waals surface area contributed by atoms with Crippen LogP contribution in [0.15, 0.2) is 42.5 Å². The van der Waals surface area contributed by atoms with E-state index in [2.05, 4.69) is 5.32 Å². The van der Waals surface area contributed by atoms with Crippen molar-refractivity contribution in [1.29, 1.82) is 0 Å². The number of fused-ring (bicyclic) bond motifs is 1. The van der Waals surface area contributed by atoms with Gasteiger partial charge in [-0.05, 0) is 36.1 Å². The normalized spacial score (nSPS) is 14.5. The van der Waals surface area contributed by atoms with Crippen molar-refractivity contribution >= 4 is 29.6 Å². The van der Waals surface area contributed by atoms with Gasteiger partial charge < -0.3 is 20.5 Å². The van der Waals surface area contributed by atoms with Crippen LogP contribution < -0.4 is 5.32 Å². The minimum Gasteiger partial charge on any atom is -0.426 e. The number of aliphatic hydroxyl groups is 1. The lowest BCUT2D eigenvalue weighted by atomic mass is 9.74. The van der Waals surface area contributed by atoms with Crippen LogP contribution >= 0.6 is 0 Å². The molecule has 7 heteroatoms. The minimum atomic E-state index is -1.71. The summed E-state index contributed by atoms with van der Waals surface area (Å²) < 4.78 is 0. The first-order valence-corrected chi connectivity index (χ1v) is 9.55. The topological polar surface area (TPSA) is 107 Å². The Balaban J connectivity index is 2.13. The minimum absolute atomic E-state index is 0.135. The number of rotatable bonds is 9. The van der Waals surface area contributed by atoms with Crippen molar-refractivity contribution in [3.8, 4) is 0 Å². The fourth-order valence-electron chi connectivity index (χ4n) is 3.22. The summed E-state index contributed by atoms with van der Waals surface area (Å²) in [5.41, 5.74) is 0.470. The fraction of sp³-hybridized carbons (Fsp3) is 0.429. The van der Waals surface area contributed by atoms with Crippen LogP contribution in [0.4, 0.5) is 0 Å².